The summed E-state index contributed by atoms with van der Waals surface area (Å²) in [5.41, 5.74) is 0.938. The van der Waals surface area contributed by atoms with Crippen molar-refractivity contribution in [3.63, 3.8) is 0 Å². The number of nitrogens with one attached hydrogen (secondary N) is 2. The summed E-state index contributed by atoms with van der Waals surface area (Å²) >= 11 is 1.31. The largest absolute Gasteiger partial charge is 0.497 e. The third-order valence-corrected chi connectivity index (χ3v) is 5.17. The minimum atomic E-state index is -0.316. The van der Waals surface area contributed by atoms with Gasteiger partial charge in [0.05, 0.1) is 12.4 Å². The number of H-pyrrole nitrogens is 1. The molecule has 1 aliphatic rings. The number of aromatic nitrogens is 3. The normalized spacial score (nSPS) is 15.0. The van der Waals surface area contributed by atoms with Gasteiger partial charge < -0.3 is 10.1 Å². The maximum atomic E-state index is 12.3. The molecule has 2 N–H and O–H groups in total. The lowest BCUT2D eigenvalue weighted by atomic mass is 10.1. The van der Waals surface area contributed by atoms with Gasteiger partial charge in [0.1, 0.15) is 5.75 Å². The van der Waals surface area contributed by atoms with E-state index in [1.54, 1.807) is 11.7 Å². The zero-order valence-corrected chi connectivity index (χ0v) is 15.1. The molecule has 0 saturated heterocycles. The van der Waals surface area contributed by atoms with Crippen LogP contribution in [0.3, 0.4) is 0 Å². The lowest BCUT2D eigenvalue weighted by Gasteiger charge is -2.12. The van der Waals surface area contributed by atoms with E-state index in [2.05, 4.69) is 15.5 Å². The van der Waals surface area contributed by atoms with Crippen LogP contribution in [0, 0.1) is 0 Å². The molecular formula is C17H22N4O3S. The molecule has 1 heterocycles. The number of carbonyl (C=O) groups excluding carboxylic acids is 1. The van der Waals surface area contributed by atoms with Gasteiger partial charge in [-0.05, 0) is 43.9 Å². The first kappa shape index (κ1) is 17.6. The Balaban J connectivity index is 1.48. The molecule has 1 amide bonds. The Kier molecular flexibility index (Phi) is 5.47. The number of ether oxygens (including phenoxy) is 1. The smallest absolute Gasteiger partial charge is 0.344 e. The third kappa shape index (κ3) is 4.45. The molecule has 0 unspecified atom stereocenters. The van der Waals surface area contributed by atoms with E-state index in [0.29, 0.717) is 11.7 Å². The van der Waals surface area contributed by atoms with E-state index in [1.807, 2.05) is 31.2 Å². The average Bonchev–Trinajstić information content (AvgIpc) is 3.39. The fraction of sp³-hybridized carbons (Fsp3) is 0.471. The third-order valence-electron chi connectivity index (χ3n) is 4.11. The molecular weight excluding hydrogens is 340 g/mol. The van der Waals surface area contributed by atoms with Crippen LogP contribution < -0.4 is 15.7 Å². The molecule has 25 heavy (non-hydrogen) atoms. The number of methoxy groups -OCH3 is 1. The number of hydrogen-bond donors (Lipinski definition) is 2. The molecule has 1 aliphatic carbocycles. The van der Waals surface area contributed by atoms with Crippen molar-refractivity contribution < 1.29 is 9.53 Å². The van der Waals surface area contributed by atoms with E-state index >= 15 is 0 Å². The Labute approximate surface area is 150 Å². The van der Waals surface area contributed by atoms with Gasteiger partial charge in [0.25, 0.3) is 0 Å². The van der Waals surface area contributed by atoms with E-state index in [-0.39, 0.29) is 22.9 Å². The first-order valence-corrected chi connectivity index (χ1v) is 9.20. The Morgan fingerprint density at radius 2 is 2.16 bits per heavy atom. The van der Waals surface area contributed by atoms with Crippen LogP contribution in [0.5, 0.6) is 5.75 Å². The number of aromatic amines is 1. The van der Waals surface area contributed by atoms with Gasteiger partial charge in [0, 0.05) is 12.6 Å². The summed E-state index contributed by atoms with van der Waals surface area (Å²) in [4.78, 5) is 24.0. The molecule has 0 bridgehead atoms. The summed E-state index contributed by atoms with van der Waals surface area (Å²) in [7, 11) is 1.64. The molecule has 8 heteroatoms. The summed E-state index contributed by atoms with van der Waals surface area (Å²) in [6.07, 6.45) is 2.74. The van der Waals surface area contributed by atoms with E-state index in [9.17, 15) is 9.59 Å². The fourth-order valence-corrected chi connectivity index (χ4v) is 3.46. The summed E-state index contributed by atoms with van der Waals surface area (Å²) in [6, 6.07) is 8.02. The second-order valence-electron chi connectivity index (χ2n) is 6.06. The lowest BCUT2D eigenvalue weighted by molar-refractivity contribution is -0.120. The van der Waals surface area contributed by atoms with E-state index < -0.39 is 0 Å². The van der Waals surface area contributed by atoms with Gasteiger partial charge in [0.2, 0.25) is 5.91 Å². The molecule has 0 aliphatic heterocycles. The summed E-state index contributed by atoms with van der Waals surface area (Å²) in [5, 5.41) is 9.72. The van der Waals surface area contributed by atoms with Crippen molar-refractivity contribution in [3.8, 4) is 5.75 Å². The van der Waals surface area contributed by atoms with E-state index in [0.717, 1.165) is 30.6 Å². The highest BCUT2D eigenvalue weighted by Gasteiger charge is 2.30. The zero-order valence-electron chi connectivity index (χ0n) is 14.3. The maximum absolute atomic E-state index is 12.3. The van der Waals surface area contributed by atoms with Crippen LogP contribution in [0.1, 0.15) is 31.4 Å². The number of carbonyl (C=O) groups is 1. The molecule has 1 saturated carbocycles. The van der Waals surface area contributed by atoms with Crippen LogP contribution in [0.2, 0.25) is 0 Å². The van der Waals surface area contributed by atoms with Crippen molar-refractivity contribution in [3.05, 3.63) is 40.3 Å². The first-order valence-electron chi connectivity index (χ1n) is 8.32. The van der Waals surface area contributed by atoms with Crippen LogP contribution >= 0.6 is 11.8 Å². The summed E-state index contributed by atoms with van der Waals surface area (Å²) in [5.74, 6) is 0.759. The van der Waals surface area contributed by atoms with Crippen molar-refractivity contribution in [2.45, 2.75) is 42.6 Å². The molecule has 3 rings (SSSR count). The quantitative estimate of drug-likeness (QED) is 0.699. The predicted molar refractivity (Wildman–Crippen MR) is 96.1 cm³/mol. The molecule has 1 fully saturated rings. The fourth-order valence-electron chi connectivity index (χ4n) is 2.51. The predicted octanol–water partition coefficient (Wildman–Crippen LogP) is 1.75. The van der Waals surface area contributed by atoms with Crippen molar-refractivity contribution in [2.75, 3.05) is 13.7 Å². The van der Waals surface area contributed by atoms with Crippen LogP contribution in [-0.2, 0) is 11.2 Å². The van der Waals surface area contributed by atoms with Gasteiger partial charge in [0.15, 0.2) is 5.16 Å². The van der Waals surface area contributed by atoms with Crippen molar-refractivity contribution >= 4 is 17.7 Å². The zero-order chi connectivity index (χ0) is 17.8. The minimum Gasteiger partial charge on any atom is -0.497 e. The minimum absolute atomic E-state index is 0.0590. The molecule has 2 aromatic rings. The lowest BCUT2D eigenvalue weighted by Crippen LogP contribution is -2.32. The summed E-state index contributed by atoms with van der Waals surface area (Å²) < 4.78 is 6.79. The number of rotatable bonds is 8. The second kappa shape index (κ2) is 7.77. The van der Waals surface area contributed by atoms with E-state index in [1.165, 1.54) is 11.8 Å². The highest BCUT2D eigenvalue weighted by molar-refractivity contribution is 8.00. The van der Waals surface area contributed by atoms with E-state index in [4.69, 9.17) is 4.74 Å². The number of nitrogens with zero attached hydrogens (tertiary/aromatic N) is 2. The maximum Gasteiger partial charge on any atom is 0.344 e. The van der Waals surface area contributed by atoms with Gasteiger partial charge in [-0.3, -0.25) is 9.36 Å². The number of hydrogen-bond acceptors (Lipinski definition) is 5. The molecule has 1 aromatic carbocycles. The second-order valence-corrected chi connectivity index (χ2v) is 7.37. The van der Waals surface area contributed by atoms with Crippen LogP contribution in [0.25, 0.3) is 0 Å². The van der Waals surface area contributed by atoms with Crippen LogP contribution in [0.15, 0.2) is 34.2 Å². The van der Waals surface area contributed by atoms with Crippen LogP contribution in [-0.4, -0.2) is 39.6 Å². The Morgan fingerprint density at radius 1 is 1.44 bits per heavy atom. The topological polar surface area (TPSA) is 89.0 Å². The standard InChI is InChI=1S/C17H22N4O3S/c1-11(25-17-20-19-16(23)21(17)13-5-6-13)15(22)18-10-9-12-3-7-14(24-2)8-4-12/h3-4,7-8,11,13H,5-6,9-10H2,1-2H3,(H,18,22)(H,19,23)/t11-/m0/s1. The monoisotopic (exact) mass is 362 g/mol. The molecule has 1 atom stereocenters. The Morgan fingerprint density at radius 3 is 2.80 bits per heavy atom. The molecule has 7 nitrogen and oxygen atoms in total. The molecule has 0 spiro atoms. The number of benzene rings is 1. The first-order chi connectivity index (χ1) is 12.1. The summed E-state index contributed by atoms with van der Waals surface area (Å²) in [6.45, 7) is 2.38. The highest BCUT2D eigenvalue weighted by Crippen LogP contribution is 2.36. The Hall–Kier alpha value is -2.22. The SMILES string of the molecule is COc1ccc(CCNC(=O)[C@H](C)Sc2n[nH]c(=O)n2C2CC2)cc1. The van der Waals surface area contributed by atoms with Gasteiger partial charge in [-0.15, -0.1) is 5.10 Å². The van der Waals surface area contributed by atoms with Gasteiger partial charge >= 0.3 is 5.69 Å². The van der Waals surface area contributed by atoms with Crippen LogP contribution in [0.4, 0.5) is 0 Å². The van der Waals surface area contributed by atoms with Gasteiger partial charge in [-0.2, -0.15) is 0 Å². The highest BCUT2D eigenvalue weighted by atomic mass is 32.2. The van der Waals surface area contributed by atoms with Crippen molar-refractivity contribution in [2.24, 2.45) is 0 Å². The molecule has 134 valence electrons. The van der Waals surface area contributed by atoms with Crippen molar-refractivity contribution in [1.29, 1.82) is 0 Å². The van der Waals surface area contributed by atoms with Gasteiger partial charge in [-0.1, -0.05) is 23.9 Å². The van der Waals surface area contributed by atoms with Crippen molar-refractivity contribution in [1.82, 2.24) is 20.1 Å². The average molecular weight is 362 g/mol. The number of thioether (sulfide) groups is 1. The molecule has 0 radical (unpaired) electrons. The molecule has 1 aromatic heterocycles. The van der Waals surface area contributed by atoms with Gasteiger partial charge in [-0.25, -0.2) is 9.89 Å². The Bertz CT molecular complexity index is 780. The number of amides is 1.